The van der Waals surface area contributed by atoms with Crippen LogP contribution in [0.3, 0.4) is 0 Å². The molecule has 7 nitrogen and oxygen atoms in total. The number of amides is 1. The van der Waals surface area contributed by atoms with E-state index in [1.807, 2.05) is 37.3 Å². The number of aryl methyl sites for hydroxylation is 2. The van der Waals surface area contributed by atoms with Crippen LogP contribution in [0.25, 0.3) is 0 Å². The third kappa shape index (κ3) is 4.68. The number of benzene rings is 1. The van der Waals surface area contributed by atoms with Gasteiger partial charge in [0.1, 0.15) is 17.5 Å². The Hall–Kier alpha value is -2.77. The predicted octanol–water partition coefficient (Wildman–Crippen LogP) is 3.47. The molecule has 0 spiro atoms. The highest BCUT2D eigenvalue weighted by molar-refractivity contribution is 6.31. The summed E-state index contributed by atoms with van der Waals surface area (Å²) in [6.07, 6.45) is 0.606. The predicted molar refractivity (Wildman–Crippen MR) is 111 cm³/mol. The fourth-order valence-electron chi connectivity index (χ4n) is 3.62. The van der Waals surface area contributed by atoms with Gasteiger partial charge in [0.2, 0.25) is 5.91 Å². The lowest BCUT2D eigenvalue weighted by Gasteiger charge is -2.33. The first-order chi connectivity index (χ1) is 14.5. The zero-order valence-electron chi connectivity index (χ0n) is 17.0. The van der Waals surface area contributed by atoms with Gasteiger partial charge in [0.05, 0.1) is 25.3 Å². The van der Waals surface area contributed by atoms with Gasteiger partial charge < -0.3 is 9.64 Å². The minimum Gasteiger partial charge on any atom is -0.368 e. The van der Waals surface area contributed by atoms with E-state index in [0.717, 1.165) is 27.5 Å². The van der Waals surface area contributed by atoms with Gasteiger partial charge in [-0.1, -0.05) is 40.1 Å². The Morgan fingerprint density at radius 1 is 1.23 bits per heavy atom. The van der Waals surface area contributed by atoms with Crippen LogP contribution in [0.2, 0.25) is 5.02 Å². The van der Waals surface area contributed by atoms with Crippen LogP contribution in [0.4, 0.5) is 0 Å². The first-order valence-corrected chi connectivity index (χ1v) is 10.3. The fourth-order valence-corrected chi connectivity index (χ4v) is 3.82. The monoisotopic (exact) mass is 426 g/mol. The average Bonchev–Trinajstić information content (AvgIpc) is 3.14. The van der Waals surface area contributed by atoms with Crippen molar-refractivity contribution in [3.05, 3.63) is 75.3 Å². The molecule has 1 aromatic carbocycles. The number of halogens is 1. The highest BCUT2D eigenvalue weighted by Gasteiger charge is 2.27. The number of morpholine rings is 1. The number of pyridine rings is 1. The van der Waals surface area contributed by atoms with Gasteiger partial charge in [-0.05, 0) is 49.6 Å². The van der Waals surface area contributed by atoms with E-state index in [1.165, 1.54) is 0 Å². The van der Waals surface area contributed by atoms with Crippen LogP contribution < -0.4 is 0 Å². The topological polar surface area (TPSA) is 81.4 Å². The summed E-state index contributed by atoms with van der Waals surface area (Å²) in [6.45, 7) is 5.19. The Morgan fingerprint density at radius 2 is 2.07 bits per heavy atom. The molecule has 1 fully saturated rings. The summed E-state index contributed by atoms with van der Waals surface area (Å²) in [5.41, 5.74) is 5.12. The van der Waals surface area contributed by atoms with E-state index in [9.17, 15) is 4.79 Å². The standard InChI is InChI=1S/C22H23ClN4O3/c1-14-9-16(10-17-5-3-4-6-18(17)23)11-20(24-14)21-13-27(7-8-29-21)22(28)12-19-15(2)25-30-26-19/h3-6,9,11,21H,7-8,10,12-13H2,1-2H3/t21-/m1/s1. The summed E-state index contributed by atoms with van der Waals surface area (Å²) in [4.78, 5) is 19.2. The summed E-state index contributed by atoms with van der Waals surface area (Å²) in [5, 5.41) is 8.29. The van der Waals surface area contributed by atoms with Gasteiger partial charge in [0.15, 0.2) is 0 Å². The van der Waals surface area contributed by atoms with Crippen LogP contribution in [0.1, 0.15) is 40.0 Å². The minimum absolute atomic E-state index is 0.0222. The van der Waals surface area contributed by atoms with E-state index in [0.29, 0.717) is 37.5 Å². The van der Waals surface area contributed by atoms with Gasteiger partial charge in [0.25, 0.3) is 0 Å². The van der Waals surface area contributed by atoms with Crippen molar-refractivity contribution in [1.29, 1.82) is 0 Å². The Balaban J connectivity index is 1.49. The second kappa shape index (κ2) is 8.93. The smallest absolute Gasteiger partial charge is 0.228 e. The molecule has 30 heavy (non-hydrogen) atoms. The van der Waals surface area contributed by atoms with Gasteiger partial charge in [-0.2, -0.15) is 0 Å². The van der Waals surface area contributed by atoms with Crippen molar-refractivity contribution in [1.82, 2.24) is 20.2 Å². The molecule has 156 valence electrons. The number of carbonyl (C=O) groups excluding carboxylic acids is 1. The number of ether oxygens (including phenoxy) is 1. The van der Waals surface area contributed by atoms with Crippen molar-refractivity contribution in [2.75, 3.05) is 19.7 Å². The summed E-state index contributed by atoms with van der Waals surface area (Å²) in [6, 6.07) is 11.9. The van der Waals surface area contributed by atoms with Crippen molar-refractivity contribution < 1.29 is 14.2 Å². The van der Waals surface area contributed by atoms with Crippen molar-refractivity contribution in [2.24, 2.45) is 0 Å². The Morgan fingerprint density at radius 3 is 2.83 bits per heavy atom. The SMILES string of the molecule is Cc1cc(Cc2ccccc2Cl)cc([C@H]2CN(C(=O)Cc3nonc3C)CCO2)n1. The third-order valence-electron chi connectivity index (χ3n) is 5.20. The van der Waals surface area contributed by atoms with Crippen LogP contribution >= 0.6 is 11.6 Å². The molecule has 1 aliphatic rings. The van der Waals surface area contributed by atoms with E-state index >= 15 is 0 Å². The number of aromatic nitrogens is 3. The quantitative estimate of drug-likeness (QED) is 0.621. The summed E-state index contributed by atoms with van der Waals surface area (Å²) in [5.74, 6) is -0.0222. The van der Waals surface area contributed by atoms with E-state index < -0.39 is 0 Å². The van der Waals surface area contributed by atoms with Crippen molar-refractivity contribution in [3.63, 3.8) is 0 Å². The van der Waals surface area contributed by atoms with Gasteiger partial charge in [-0.25, -0.2) is 4.63 Å². The molecule has 1 atom stereocenters. The van der Waals surface area contributed by atoms with Crippen molar-refractivity contribution >= 4 is 17.5 Å². The summed E-state index contributed by atoms with van der Waals surface area (Å²) >= 11 is 6.33. The molecule has 0 N–H and O–H groups in total. The highest BCUT2D eigenvalue weighted by atomic mass is 35.5. The van der Waals surface area contributed by atoms with Crippen LogP contribution in [-0.4, -0.2) is 45.8 Å². The lowest BCUT2D eigenvalue weighted by Crippen LogP contribution is -2.43. The molecule has 2 aromatic heterocycles. The Bertz CT molecular complexity index is 1050. The minimum atomic E-state index is -0.274. The van der Waals surface area contributed by atoms with Crippen LogP contribution in [0, 0.1) is 13.8 Å². The van der Waals surface area contributed by atoms with E-state index in [-0.39, 0.29) is 18.4 Å². The summed E-state index contributed by atoms with van der Waals surface area (Å²) in [7, 11) is 0. The van der Waals surface area contributed by atoms with Crippen molar-refractivity contribution in [2.45, 2.75) is 32.8 Å². The molecular formula is C22H23ClN4O3. The molecule has 1 saturated heterocycles. The third-order valence-corrected chi connectivity index (χ3v) is 5.57. The van der Waals surface area contributed by atoms with Gasteiger partial charge in [-0.15, -0.1) is 0 Å². The molecule has 3 heterocycles. The molecule has 0 bridgehead atoms. The highest BCUT2D eigenvalue weighted by Crippen LogP contribution is 2.25. The first-order valence-electron chi connectivity index (χ1n) is 9.88. The molecular weight excluding hydrogens is 404 g/mol. The maximum atomic E-state index is 12.7. The number of hydrogen-bond donors (Lipinski definition) is 0. The Labute approximate surface area is 180 Å². The summed E-state index contributed by atoms with van der Waals surface area (Å²) < 4.78 is 10.7. The second-order valence-corrected chi connectivity index (χ2v) is 7.89. The maximum Gasteiger partial charge on any atom is 0.228 e. The van der Waals surface area contributed by atoms with Gasteiger partial charge in [-0.3, -0.25) is 9.78 Å². The number of carbonyl (C=O) groups is 1. The fraction of sp³-hybridized carbons (Fsp3) is 0.364. The van der Waals surface area contributed by atoms with E-state index in [2.05, 4.69) is 21.4 Å². The molecule has 4 rings (SSSR count). The normalized spacial score (nSPS) is 16.6. The van der Waals surface area contributed by atoms with E-state index in [1.54, 1.807) is 11.8 Å². The van der Waals surface area contributed by atoms with Crippen LogP contribution in [0.5, 0.6) is 0 Å². The van der Waals surface area contributed by atoms with E-state index in [4.69, 9.17) is 21.0 Å². The molecule has 0 aliphatic carbocycles. The lowest BCUT2D eigenvalue weighted by atomic mass is 10.0. The average molecular weight is 427 g/mol. The van der Waals surface area contributed by atoms with Gasteiger partial charge >= 0.3 is 0 Å². The van der Waals surface area contributed by atoms with Gasteiger partial charge in [0, 0.05) is 17.3 Å². The van der Waals surface area contributed by atoms with Crippen molar-refractivity contribution in [3.8, 4) is 0 Å². The molecule has 3 aromatic rings. The number of nitrogens with zero attached hydrogens (tertiary/aromatic N) is 4. The largest absolute Gasteiger partial charge is 0.368 e. The number of hydrogen-bond acceptors (Lipinski definition) is 6. The zero-order chi connectivity index (χ0) is 21.1. The molecule has 0 saturated carbocycles. The maximum absolute atomic E-state index is 12.7. The molecule has 0 unspecified atom stereocenters. The molecule has 0 radical (unpaired) electrons. The number of rotatable bonds is 5. The second-order valence-electron chi connectivity index (χ2n) is 7.48. The first kappa shape index (κ1) is 20.5. The molecule has 1 aliphatic heterocycles. The molecule has 1 amide bonds. The molecule has 8 heteroatoms. The zero-order valence-corrected chi connectivity index (χ0v) is 17.7. The van der Waals surface area contributed by atoms with Crippen LogP contribution in [0.15, 0.2) is 41.0 Å². The van der Waals surface area contributed by atoms with Crippen LogP contribution in [-0.2, 0) is 22.4 Å². The lowest BCUT2D eigenvalue weighted by molar-refractivity contribution is -0.138. The Kier molecular flexibility index (Phi) is 6.11.